The van der Waals surface area contributed by atoms with Crippen LogP contribution >= 0.6 is 0 Å². The lowest BCUT2D eigenvalue weighted by Crippen LogP contribution is -2.35. The van der Waals surface area contributed by atoms with Crippen LogP contribution in [-0.2, 0) is 5.41 Å². The molecule has 5 aromatic carbocycles. The van der Waals surface area contributed by atoms with E-state index in [1.54, 1.807) is 0 Å². The largest absolute Gasteiger partial charge is 0.461 e. The van der Waals surface area contributed by atoms with Crippen molar-refractivity contribution in [2.45, 2.75) is 31.6 Å². The standard InChI is InChI=1S/C39H29N2O/c1-39(2)31-18-10-8-17-30(31)35-32(39)22-25-14-6-7-15-27(25)36(35)41-37(24-12-4-3-5-13-24)40-38(41)26-20-21-29-28-16-9-11-19-33(28)42-34(29)23-26/h3-15,17-23,28H,16H2,1-2H3/q+1. The molecule has 0 N–H and O–H groups in total. The summed E-state index contributed by atoms with van der Waals surface area (Å²) in [5.74, 6) is 4.21. The van der Waals surface area contributed by atoms with E-state index in [4.69, 9.17) is 9.73 Å². The smallest absolute Gasteiger partial charge is 0.279 e. The first-order valence-electron chi connectivity index (χ1n) is 14.8. The van der Waals surface area contributed by atoms with Crippen LogP contribution in [0, 0.1) is 0 Å². The zero-order valence-electron chi connectivity index (χ0n) is 23.6. The minimum absolute atomic E-state index is 0.112. The number of benzene rings is 5. The van der Waals surface area contributed by atoms with Gasteiger partial charge in [0.25, 0.3) is 11.7 Å². The highest BCUT2D eigenvalue weighted by Gasteiger charge is 2.43. The Kier molecular flexibility index (Phi) is 4.79. The number of hydrogen-bond acceptors (Lipinski definition) is 2. The highest BCUT2D eigenvalue weighted by Crippen LogP contribution is 2.55. The van der Waals surface area contributed by atoms with Crippen molar-refractivity contribution in [3.63, 3.8) is 0 Å². The summed E-state index contributed by atoms with van der Waals surface area (Å²) in [6.45, 7) is 4.70. The minimum atomic E-state index is -0.112. The Morgan fingerprint density at radius 3 is 2.52 bits per heavy atom. The van der Waals surface area contributed by atoms with Crippen LogP contribution in [-0.4, -0.2) is 16.2 Å². The van der Waals surface area contributed by atoms with Crippen LogP contribution in [0.25, 0.3) is 21.9 Å². The van der Waals surface area contributed by atoms with Gasteiger partial charge in [0.05, 0.1) is 11.1 Å². The third kappa shape index (κ3) is 3.16. The molecule has 2 heterocycles. The van der Waals surface area contributed by atoms with E-state index in [-0.39, 0.29) is 5.41 Å². The third-order valence-corrected chi connectivity index (χ3v) is 9.44. The second kappa shape index (κ2) is 8.50. The van der Waals surface area contributed by atoms with Crippen molar-refractivity contribution in [1.82, 2.24) is 0 Å². The third-order valence-electron chi connectivity index (χ3n) is 9.44. The lowest BCUT2D eigenvalue weighted by atomic mass is 9.81. The summed E-state index contributed by atoms with van der Waals surface area (Å²) in [4.78, 5) is 5.24. The lowest BCUT2D eigenvalue weighted by Gasteiger charge is -2.25. The Balaban J connectivity index is 1.33. The number of nitrogens with zero attached hydrogens (tertiary/aromatic N) is 2. The van der Waals surface area contributed by atoms with E-state index >= 15 is 0 Å². The van der Waals surface area contributed by atoms with Gasteiger partial charge in [-0.05, 0) is 64.9 Å². The van der Waals surface area contributed by atoms with Crippen molar-refractivity contribution in [3.05, 3.63) is 155 Å². The zero-order valence-corrected chi connectivity index (χ0v) is 23.6. The van der Waals surface area contributed by atoms with Crippen LogP contribution in [0.3, 0.4) is 0 Å². The minimum Gasteiger partial charge on any atom is -0.461 e. The number of rotatable bonds is 3. The van der Waals surface area contributed by atoms with Gasteiger partial charge in [-0.25, -0.2) is 0 Å². The fraction of sp³-hybridized carbons (Fsp3) is 0.128. The van der Waals surface area contributed by atoms with Gasteiger partial charge in [-0.3, -0.25) is 0 Å². The molecule has 2 aliphatic heterocycles. The molecule has 3 nitrogen and oxygen atoms in total. The Morgan fingerprint density at radius 2 is 1.62 bits per heavy atom. The molecule has 4 aliphatic rings. The van der Waals surface area contributed by atoms with E-state index in [1.807, 2.05) is 0 Å². The highest BCUT2D eigenvalue weighted by atomic mass is 16.5. The fourth-order valence-corrected chi connectivity index (χ4v) is 7.33. The van der Waals surface area contributed by atoms with Crippen molar-refractivity contribution >= 4 is 28.1 Å². The summed E-state index contributed by atoms with van der Waals surface area (Å²) in [7, 11) is 0. The molecule has 1 unspecified atom stereocenters. The monoisotopic (exact) mass is 541 g/mol. The van der Waals surface area contributed by atoms with Gasteiger partial charge < -0.3 is 4.74 Å². The SMILES string of the molecule is CC1(C)c2ccccc2-c2c1cc1ccccc1c2[N+]1=C(c2ccc3c(c2)OC2=CC=CCC23)N=C1c1ccccc1. The summed E-state index contributed by atoms with van der Waals surface area (Å²) in [6, 6.07) is 37.3. The summed E-state index contributed by atoms with van der Waals surface area (Å²) >= 11 is 0. The molecular weight excluding hydrogens is 512 g/mol. The zero-order chi connectivity index (χ0) is 28.0. The van der Waals surface area contributed by atoms with Crippen molar-refractivity contribution in [2.75, 3.05) is 0 Å². The maximum atomic E-state index is 6.37. The van der Waals surface area contributed by atoms with Gasteiger partial charge in [0, 0.05) is 27.8 Å². The molecule has 3 heteroatoms. The van der Waals surface area contributed by atoms with Gasteiger partial charge in [0.15, 0.2) is 0 Å². The molecule has 0 fully saturated rings. The van der Waals surface area contributed by atoms with Gasteiger partial charge in [-0.2, -0.15) is 4.58 Å². The molecule has 0 radical (unpaired) electrons. The average Bonchev–Trinajstić information content (AvgIpc) is 3.49. The number of aliphatic imine (C=N–C) groups is 1. The van der Waals surface area contributed by atoms with Crippen LogP contribution in [0.1, 0.15) is 54.0 Å². The molecule has 0 saturated carbocycles. The molecule has 0 amide bonds. The van der Waals surface area contributed by atoms with E-state index in [9.17, 15) is 0 Å². The Morgan fingerprint density at radius 1 is 0.810 bits per heavy atom. The van der Waals surface area contributed by atoms with Gasteiger partial charge in [-0.1, -0.05) is 104 Å². The average molecular weight is 542 g/mol. The first-order valence-corrected chi connectivity index (χ1v) is 14.8. The van der Waals surface area contributed by atoms with Crippen molar-refractivity contribution in [3.8, 4) is 16.9 Å². The molecule has 5 aromatic rings. The predicted molar refractivity (Wildman–Crippen MR) is 170 cm³/mol. The molecule has 9 rings (SSSR count). The number of amidine groups is 2. The van der Waals surface area contributed by atoms with Gasteiger partial charge in [0.2, 0.25) is 0 Å². The summed E-state index contributed by atoms with van der Waals surface area (Å²) in [5.41, 5.74) is 9.85. The van der Waals surface area contributed by atoms with E-state index in [2.05, 4.69) is 140 Å². The maximum absolute atomic E-state index is 6.37. The highest BCUT2D eigenvalue weighted by molar-refractivity contribution is 6.18. The van der Waals surface area contributed by atoms with E-state index in [0.29, 0.717) is 5.92 Å². The number of fused-ring (bicyclic) bond motifs is 7. The van der Waals surface area contributed by atoms with E-state index in [1.165, 1.54) is 44.3 Å². The number of ether oxygens (including phenoxy) is 1. The van der Waals surface area contributed by atoms with Crippen LogP contribution in [0.4, 0.5) is 5.69 Å². The molecule has 0 spiro atoms. The Bertz CT molecular complexity index is 2110. The van der Waals surface area contributed by atoms with Crippen molar-refractivity contribution in [2.24, 2.45) is 4.99 Å². The quantitative estimate of drug-likeness (QED) is 0.209. The maximum Gasteiger partial charge on any atom is 0.279 e. The van der Waals surface area contributed by atoms with Crippen LogP contribution in [0.2, 0.25) is 0 Å². The van der Waals surface area contributed by atoms with Crippen LogP contribution < -0.4 is 4.74 Å². The number of allylic oxidation sites excluding steroid dienone is 4. The molecule has 200 valence electrons. The van der Waals surface area contributed by atoms with Gasteiger partial charge in [-0.15, -0.1) is 0 Å². The molecule has 42 heavy (non-hydrogen) atoms. The van der Waals surface area contributed by atoms with E-state index < -0.39 is 0 Å². The molecule has 0 saturated heterocycles. The molecule has 1 atom stereocenters. The van der Waals surface area contributed by atoms with Crippen molar-refractivity contribution in [1.29, 1.82) is 0 Å². The Hall–Kier alpha value is -5.02. The predicted octanol–water partition coefficient (Wildman–Crippen LogP) is 9.02. The molecule has 2 aliphatic carbocycles. The summed E-state index contributed by atoms with van der Waals surface area (Å²) < 4.78 is 8.77. The first kappa shape index (κ1) is 23.7. The second-order valence-electron chi connectivity index (χ2n) is 12.1. The van der Waals surface area contributed by atoms with Crippen LogP contribution in [0.15, 0.2) is 132 Å². The summed E-state index contributed by atoms with van der Waals surface area (Å²) in [5, 5.41) is 2.47. The van der Waals surface area contributed by atoms with Gasteiger partial charge >= 0.3 is 0 Å². The second-order valence-corrected chi connectivity index (χ2v) is 12.1. The normalized spacial score (nSPS) is 18.9. The molecule has 0 aromatic heterocycles. The fourth-order valence-electron chi connectivity index (χ4n) is 7.33. The number of hydrogen-bond donors (Lipinski definition) is 0. The van der Waals surface area contributed by atoms with E-state index in [0.717, 1.165) is 40.7 Å². The molecular formula is C39H29N2O+. The first-order chi connectivity index (χ1) is 20.6. The van der Waals surface area contributed by atoms with Crippen LogP contribution in [0.5, 0.6) is 5.75 Å². The lowest BCUT2D eigenvalue weighted by molar-refractivity contribution is -0.316. The summed E-state index contributed by atoms with van der Waals surface area (Å²) in [6.07, 6.45) is 7.40. The molecule has 0 bridgehead atoms. The Labute approximate surface area is 245 Å². The topological polar surface area (TPSA) is 24.6 Å². The van der Waals surface area contributed by atoms with Gasteiger partial charge in [0.1, 0.15) is 17.2 Å². The van der Waals surface area contributed by atoms with Crippen molar-refractivity contribution < 1.29 is 9.31 Å².